The van der Waals surface area contributed by atoms with Crippen LogP contribution in [0.1, 0.15) is 74.1 Å². The molecular formula is C22H40O6. The minimum atomic E-state index is -0.661. The van der Waals surface area contributed by atoms with Crippen molar-refractivity contribution >= 4 is 11.9 Å². The van der Waals surface area contributed by atoms with Crippen LogP contribution in [0.15, 0.2) is 0 Å². The van der Waals surface area contributed by atoms with Crippen molar-refractivity contribution in [3.8, 4) is 0 Å². The number of hydrogen-bond acceptors (Lipinski definition) is 6. The van der Waals surface area contributed by atoms with Crippen molar-refractivity contribution in [2.45, 2.75) is 92.0 Å². The second kappa shape index (κ2) is 11.8. The summed E-state index contributed by atoms with van der Waals surface area (Å²) in [5, 5.41) is 0. The van der Waals surface area contributed by atoms with Crippen molar-refractivity contribution in [2.75, 3.05) is 19.8 Å². The molecule has 0 amide bonds. The molecule has 0 radical (unpaired) electrons. The predicted molar refractivity (Wildman–Crippen MR) is 108 cm³/mol. The van der Waals surface area contributed by atoms with Gasteiger partial charge in [-0.1, -0.05) is 27.2 Å². The molecule has 1 fully saturated rings. The van der Waals surface area contributed by atoms with Crippen LogP contribution in [0.2, 0.25) is 0 Å². The Labute approximate surface area is 170 Å². The van der Waals surface area contributed by atoms with Crippen LogP contribution in [0, 0.1) is 17.8 Å². The van der Waals surface area contributed by atoms with E-state index in [2.05, 4.69) is 20.8 Å². The van der Waals surface area contributed by atoms with Crippen molar-refractivity contribution in [1.29, 1.82) is 0 Å². The average molecular weight is 401 g/mol. The van der Waals surface area contributed by atoms with Crippen molar-refractivity contribution in [3.63, 3.8) is 0 Å². The minimum Gasteiger partial charge on any atom is -0.460 e. The number of cyclic esters (lactones) is 1. The van der Waals surface area contributed by atoms with Crippen LogP contribution in [-0.2, 0) is 28.5 Å². The topological polar surface area (TPSA) is 71.1 Å². The second-order valence-electron chi connectivity index (χ2n) is 9.23. The van der Waals surface area contributed by atoms with Gasteiger partial charge in [-0.3, -0.25) is 9.59 Å². The molecule has 0 aromatic carbocycles. The Bertz CT molecular complexity index is 482. The van der Waals surface area contributed by atoms with Gasteiger partial charge < -0.3 is 18.9 Å². The van der Waals surface area contributed by atoms with Gasteiger partial charge in [-0.25, -0.2) is 0 Å². The first-order valence-electron chi connectivity index (χ1n) is 10.6. The molecule has 0 saturated carbocycles. The van der Waals surface area contributed by atoms with Crippen LogP contribution in [0.3, 0.4) is 0 Å². The lowest BCUT2D eigenvalue weighted by atomic mass is 9.90. The highest BCUT2D eigenvalue weighted by atomic mass is 16.6. The standard InChI is InChI=1S/C22H40O6/c1-8-9-17-10-11-25-14-18(12-19(23)28-22(5,6)7)21(24)27-16(4)20(17)26-13-15(2)3/h15-18,20H,8-14H2,1-7H3/t16-,17-,18-,20-/m0/s1. The first-order chi connectivity index (χ1) is 13.0. The molecule has 6 heteroatoms. The van der Waals surface area contributed by atoms with Gasteiger partial charge in [-0.15, -0.1) is 0 Å². The molecular weight excluding hydrogens is 360 g/mol. The third-order valence-electron chi connectivity index (χ3n) is 4.63. The van der Waals surface area contributed by atoms with Crippen LogP contribution in [0.25, 0.3) is 0 Å². The van der Waals surface area contributed by atoms with Crippen LogP contribution < -0.4 is 0 Å². The molecule has 4 atom stereocenters. The molecule has 1 heterocycles. The number of carbonyl (C=O) groups is 2. The summed E-state index contributed by atoms with van der Waals surface area (Å²) in [6.45, 7) is 15.0. The SMILES string of the molecule is CCC[C@H]1CCOC[C@H](CC(=O)OC(C)(C)C)C(=O)O[C@@H](C)[C@@H]1OCC(C)C. The number of esters is 2. The van der Waals surface area contributed by atoms with Crippen LogP contribution >= 0.6 is 0 Å². The van der Waals surface area contributed by atoms with Gasteiger partial charge in [0.15, 0.2) is 0 Å². The number of carbonyl (C=O) groups excluding carboxylic acids is 2. The summed E-state index contributed by atoms with van der Waals surface area (Å²) < 4.78 is 23.0. The van der Waals surface area contributed by atoms with E-state index in [1.165, 1.54) is 0 Å². The normalized spacial score (nSPS) is 27.4. The van der Waals surface area contributed by atoms with E-state index < -0.39 is 23.5 Å². The van der Waals surface area contributed by atoms with Gasteiger partial charge >= 0.3 is 11.9 Å². The molecule has 1 aliphatic heterocycles. The summed E-state index contributed by atoms with van der Waals surface area (Å²) in [5.74, 6) is -0.829. The van der Waals surface area contributed by atoms with E-state index in [1.54, 1.807) is 20.8 Å². The van der Waals surface area contributed by atoms with Gasteiger partial charge in [-0.2, -0.15) is 0 Å². The fraction of sp³-hybridized carbons (Fsp3) is 0.909. The van der Waals surface area contributed by atoms with Gasteiger partial charge in [0.05, 0.1) is 25.0 Å². The highest BCUT2D eigenvalue weighted by Gasteiger charge is 2.34. The molecule has 1 rings (SSSR count). The number of ether oxygens (including phenoxy) is 4. The van der Waals surface area contributed by atoms with Crippen molar-refractivity contribution in [1.82, 2.24) is 0 Å². The van der Waals surface area contributed by atoms with E-state index in [9.17, 15) is 9.59 Å². The van der Waals surface area contributed by atoms with E-state index >= 15 is 0 Å². The van der Waals surface area contributed by atoms with Gasteiger partial charge in [0.25, 0.3) is 0 Å². The largest absolute Gasteiger partial charge is 0.460 e. The van der Waals surface area contributed by atoms with Crippen LogP contribution in [0.4, 0.5) is 0 Å². The third-order valence-corrected chi connectivity index (χ3v) is 4.63. The van der Waals surface area contributed by atoms with Crippen LogP contribution in [-0.4, -0.2) is 49.6 Å². The molecule has 6 nitrogen and oxygen atoms in total. The number of rotatable bonds is 7. The molecule has 0 N–H and O–H groups in total. The van der Waals surface area contributed by atoms with Gasteiger partial charge in [0.2, 0.25) is 0 Å². The average Bonchev–Trinajstić information content (AvgIpc) is 2.54. The summed E-state index contributed by atoms with van der Waals surface area (Å²) in [5.41, 5.74) is -0.589. The van der Waals surface area contributed by atoms with E-state index in [-0.39, 0.29) is 31.2 Å². The van der Waals surface area contributed by atoms with E-state index in [0.717, 1.165) is 19.3 Å². The fourth-order valence-corrected chi connectivity index (χ4v) is 3.40. The maximum atomic E-state index is 12.7. The predicted octanol–water partition coefficient (Wildman–Crippen LogP) is 4.14. The summed E-state index contributed by atoms with van der Waals surface area (Å²) in [4.78, 5) is 24.9. The van der Waals surface area contributed by atoms with Crippen molar-refractivity contribution in [2.24, 2.45) is 17.8 Å². The Morgan fingerprint density at radius 2 is 1.96 bits per heavy atom. The first kappa shape index (κ1) is 24.9. The molecule has 28 heavy (non-hydrogen) atoms. The minimum absolute atomic E-state index is 0.0429. The molecule has 1 saturated heterocycles. The zero-order valence-electron chi connectivity index (χ0n) is 18.8. The quantitative estimate of drug-likeness (QED) is 0.598. The lowest BCUT2D eigenvalue weighted by Crippen LogP contribution is -2.42. The van der Waals surface area contributed by atoms with Crippen molar-refractivity contribution in [3.05, 3.63) is 0 Å². The molecule has 0 spiro atoms. The highest BCUT2D eigenvalue weighted by molar-refractivity contribution is 5.80. The molecule has 0 aromatic rings. The third kappa shape index (κ3) is 9.37. The first-order valence-corrected chi connectivity index (χ1v) is 10.6. The fourth-order valence-electron chi connectivity index (χ4n) is 3.40. The second-order valence-corrected chi connectivity index (χ2v) is 9.23. The summed E-state index contributed by atoms with van der Waals surface area (Å²) in [7, 11) is 0. The smallest absolute Gasteiger partial charge is 0.312 e. The Morgan fingerprint density at radius 1 is 1.29 bits per heavy atom. The molecule has 0 unspecified atom stereocenters. The van der Waals surface area contributed by atoms with E-state index in [0.29, 0.717) is 19.1 Å². The molecule has 0 aliphatic carbocycles. The molecule has 0 bridgehead atoms. The van der Waals surface area contributed by atoms with Gasteiger partial charge in [-0.05, 0) is 52.4 Å². The monoisotopic (exact) mass is 400 g/mol. The van der Waals surface area contributed by atoms with E-state index in [1.807, 2.05) is 6.92 Å². The lowest BCUT2D eigenvalue weighted by molar-refractivity contribution is -0.175. The zero-order valence-corrected chi connectivity index (χ0v) is 18.8. The summed E-state index contributed by atoms with van der Waals surface area (Å²) in [6, 6.07) is 0. The van der Waals surface area contributed by atoms with Gasteiger partial charge in [0, 0.05) is 13.2 Å². The van der Waals surface area contributed by atoms with Crippen molar-refractivity contribution < 1.29 is 28.5 Å². The Hall–Kier alpha value is -1.14. The molecule has 0 aromatic heterocycles. The lowest BCUT2D eigenvalue weighted by Gasteiger charge is -2.34. The van der Waals surface area contributed by atoms with Crippen LogP contribution in [0.5, 0.6) is 0 Å². The molecule has 164 valence electrons. The maximum Gasteiger partial charge on any atom is 0.312 e. The zero-order chi connectivity index (χ0) is 21.3. The Balaban J connectivity index is 2.85. The number of hydrogen-bond donors (Lipinski definition) is 0. The van der Waals surface area contributed by atoms with E-state index in [4.69, 9.17) is 18.9 Å². The summed E-state index contributed by atoms with van der Waals surface area (Å²) in [6.07, 6.45) is 2.29. The summed E-state index contributed by atoms with van der Waals surface area (Å²) >= 11 is 0. The van der Waals surface area contributed by atoms with Gasteiger partial charge in [0.1, 0.15) is 11.7 Å². The Kier molecular flexibility index (Phi) is 10.5. The molecule has 1 aliphatic rings. The Morgan fingerprint density at radius 3 is 2.54 bits per heavy atom. The highest BCUT2D eigenvalue weighted by Crippen LogP contribution is 2.26. The maximum absolute atomic E-state index is 12.7.